The summed E-state index contributed by atoms with van der Waals surface area (Å²) in [6.07, 6.45) is 1.92. The molecular formula is C30H22N4O3. The lowest BCUT2D eigenvalue weighted by atomic mass is 10.1. The van der Waals surface area contributed by atoms with E-state index in [0.717, 1.165) is 39.7 Å². The van der Waals surface area contributed by atoms with E-state index in [1.807, 2.05) is 72.9 Å². The van der Waals surface area contributed by atoms with Crippen LogP contribution >= 0.6 is 0 Å². The van der Waals surface area contributed by atoms with E-state index in [9.17, 15) is 9.90 Å². The van der Waals surface area contributed by atoms with Crippen molar-refractivity contribution in [1.29, 1.82) is 5.26 Å². The Labute approximate surface area is 213 Å². The standard InChI is InChI=1S/C30H22N4O3/c31-18-21-6-8-22(9-7-21)29-24(20-34(33-29)26-14-10-23(11-15-26)30(35)36)19-32-25-12-16-28(17-13-25)37-27-4-2-1-3-5-27/h1-17,20,32H,19H2,(H,35,36). The van der Waals surface area contributed by atoms with Gasteiger partial charge in [-0.2, -0.15) is 10.4 Å². The van der Waals surface area contributed by atoms with Crippen LogP contribution in [-0.4, -0.2) is 20.9 Å². The molecule has 0 spiro atoms. The van der Waals surface area contributed by atoms with Crippen molar-refractivity contribution >= 4 is 11.7 Å². The maximum absolute atomic E-state index is 11.2. The number of nitriles is 1. The number of rotatable bonds is 8. The molecule has 0 fully saturated rings. The Hall–Kier alpha value is -5.35. The summed E-state index contributed by atoms with van der Waals surface area (Å²) >= 11 is 0. The zero-order chi connectivity index (χ0) is 25.6. The van der Waals surface area contributed by atoms with E-state index in [-0.39, 0.29) is 5.56 Å². The second-order valence-corrected chi connectivity index (χ2v) is 8.28. The number of hydrogen-bond donors (Lipinski definition) is 2. The van der Waals surface area contributed by atoms with Crippen molar-refractivity contribution in [3.05, 3.63) is 126 Å². The quantitative estimate of drug-likeness (QED) is 0.259. The van der Waals surface area contributed by atoms with Gasteiger partial charge in [0, 0.05) is 29.6 Å². The zero-order valence-electron chi connectivity index (χ0n) is 19.7. The van der Waals surface area contributed by atoms with Gasteiger partial charge in [0.1, 0.15) is 11.5 Å². The molecule has 0 aliphatic rings. The Morgan fingerprint density at radius 2 is 1.57 bits per heavy atom. The van der Waals surface area contributed by atoms with Crippen LogP contribution in [0.3, 0.4) is 0 Å². The summed E-state index contributed by atoms with van der Waals surface area (Å²) in [6, 6.07) is 33.3. The Morgan fingerprint density at radius 3 is 2.22 bits per heavy atom. The fourth-order valence-electron chi connectivity index (χ4n) is 3.84. The lowest BCUT2D eigenvalue weighted by Gasteiger charge is -2.09. The molecule has 0 unspecified atom stereocenters. The van der Waals surface area contributed by atoms with E-state index in [4.69, 9.17) is 15.1 Å². The summed E-state index contributed by atoms with van der Waals surface area (Å²) < 4.78 is 7.60. The largest absolute Gasteiger partial charge is 0.478 e. The number of aromatic nitrogens is 2. The lowest BCUT2D eigenvalue weighted by molar-refractivity contribution is 0.0697. The zero-order valence-corrected chi connectivity index (χ0v) is 19.7. The third kappa shape index (κ3) is 5.50. The monoisotopic (exact) mass is 486 g/mol. The summed E-state index contributed by atoms with van der Waals surface area (Å²) in [6.45, 7) is 0.501. The normalized spacial score (nSPS) is 10.5. The fourth-order valence-corrected chi connectivity index (χ4v) is 3.84. The Bertz CT molecular complexity index is 1550. The minimum absolute atomic E-state index is 0.213. The molecule has 180 valence electrons. The van der Waals surface area contributed by atoms with Crippen molar-refractivity contribution in [1.82, 2.24) is 9.78 Å². The highest BCUT2D eigenvalue weighted by Gasteiger charge is 2.13. The van der Waals surface area contributed by atoms with Gasteiger partial charge in [-0.3, -0.25) is 0 Å². The first-order chi connectivity index (χ1) is 18.1. The number of aromatic carboxylic acids is 1. The molecule has 7 nitrogen and oxygen atoms in total. The van der Waals surface area contributed by atoms with Gasteiger partial charge in [-0.05, 0) is 72.8 Å². The smallest absolute Gasteiger partial charge is 0.335 e. The molecule has 37 heavy (non-hydrogen) atoms. The highest BCUT2D eigenvalue weighted by Crippen LogP contribution is 2.27. The SMILES string of the molecule is N#Cc1ccc(-c2nn(-c3ccc(C(=O)O)cc3)cc2CNc2ccc(Oc3ccccc3)cc2)cc1. The molecule has 0 bridgehead atoms. The molecule has 0 aliphatic heterocycles. The Balaban J connectivity index is 1.38. The third-order valence-electron chi connectivity index (χ3n) is 5.77. The lowest BCUT2D eigenvalue weighted by Crippen LogP contribution is -2.00. The van der Waals surface area contributed by atoms with Gasteiger partial charge < -0.3 is 15.2 Å². The molecular weight excluding hydrogens is 464 g/mol. The van der Waals surface area contributed by atoms with Crippen LogP contribution in [0.5, 0.6) is 11.5 Å². The number of carboxylic acid groups (broad SMARTS) is 1. The van der Waals surface area contributed by atoms with Crippen molar-refractivity contribution in [3.63, 3.8) is 0 Å². The van der Waals surface area contributed by atoms with Crippen LogP contribution in [0.2, 0.25) is 0 Å². The second-order valence-electron chi connectivity index (χ2n) is 8.28. The van der Waals surface area contributed by atoms with Crippen molar-refractivity contribution in [2.45, 2.75) is 6.54 Å². The summed E-state index contributed by atoms with van der Waals surface area (Å²) in [5.41, 5.74) is 5.04. The van der Waals surface area contributed by atoms with Crippen LogP contribution in [0, 0.1) is 11.3 Å². The number of anilines is 1. The van der Waals surface area contributed by atoms with Crippen LogP contribution in [0.25, 0.3) is 16.9 Å². The van der Waals surface area contributed by atoms with Crippen LogP contribution in [0.15, 0.2) is 109 Å². The van der Waals surface area contributed by atoms with Crippen LogP contribution in [0.4, 0.5) is 5.69 Å². The van der Waals surface area contributed by atoms with Gasteiger partial charge in [-0.1, -0.05) is 30.3 Å². The third-order valence-corrected chi connectivity index (χ3v) is 5.77. The second kappa shape index (κ2) is 10.5. The Kier molecular flexibility index (Phi) is 6.64. The number of para-hydroxylation sites is 1. The van der Waals surface area contributed by atoms with Crippen molar-refractivity contribution in [2.24, 2.45) is 0 Å². The van der Waals surface area contributed by atoms with Crippen LogP contribution in [0.1, 0.15) is 21.5 Å². The maximum atomic E-state index is 11.2. The van der Waals surface area contributed by atoms with Gasteiger partial charge in [-0.15, -0.1) is 0 Å². The van der Waals surface area contributed by atoms with Gasteiger partial charge in [0.05, 0.1) is 28.6 Å². The van der Waals surface area contributed by atoms with Gasteiger partial charge in [0.15, 0.2) is 0 Å². The molecule has 0 amide bonds. The molecule has 0 atom stereocenters. The first-order valence-corrected chi connectivity index (χ1v) is 11.6. The average Bonchev–Trinajstić information content (AvgIpc) is 3.37. The van der Waals surface area contributed by atoms with Gasteiger partial charge in [-0.25, -0.2) is 9.48 Å². The van der Waals surface area contributed by atoms with Crippen molar-refractivity contribution in [3.8, 4) is 34.5 Å². The molecule has 2 N–H and O–H groups in total. The van der Waals surface area contributed by atoms with E-state index in [1.165, 1.54) is 0 Å². The van der Waals surface area contributed by atoms with Gasteiger partial charge in [0.25, 0.3) is 0 Å². The van der Waals surface area contributed by atoms with E-state index in [1.54, 1.807) is 41.1 Å². The van der Waals surface area contributed by atoms with E-state index in [0.29, 0.717) is 12.1 Å². The maximum Gasteiger partial charge on any atom is 0.335 e. The molecule has 4 aromatic carbocycles. The molecule has 7 heteroatoms. The number of hydrogen-bond acceptors (Lipinski definition) is 5. The minimum atomic E-state index is -0.977. The van der Waals surface area contributed by atoms with Crippen molar-refractivity contribution < 1.29 is 14.6 Å². The first-order valence-electron chi connectivity index (χ1n) is 11.6. The highest BCUT2D eigenvalue weighted by atomic mass is 16.5. The topological polar surface area (TPSA) is 100 Å². The summed E-state index contributed by atoms with van der Waals surface area (Å²) in [4.78, 5) is 11.2. The number of nitrogens with zero attached hydrogens (tertiary/aromatic N) is 3. The molecule has 0 saturated heterocycles. The highest BCUT2D eigenvalue weighted by molar-refractivity contribution is 5.87. The predicted octanol–water partition coefficient (Wildman–Crippen LogP) is 6.51. The number of nitrogens with one attached hydrogen (secondary N) is 1. The first kappa shape index (κ1) is 23.4. The van der Waals surface area contributed by atoms with Crippen molar-refractivity contribution in [2.75, 3.05) is 5.32 Å². The number of carbonyl (C=O) groups is 1. The number of carboxylic acids is 1. The molecule has 0 saturated carbocycles. The van der Waals surface area contributed by atoms with E-state index in [2.05, 4.69) is 11.4 Å². The van der Waals surface area contributed by atoms with Crippen LogP contribution < -0.4 is 10.1 Å². The van der Waals surface area contributed by atoms with E-state index >= 15 is 0 Å². The van der Waals surface area contributed by atoms with Gasteiger partial charge >= 0.3 is 5.97 Å². The number of benzene rings is 4. The predicted molar refractivity (Wildman–Crippen MR) is 141 cm³/mol. The average molecular weight is 487 g/mol. The van der Waals surface area contributed by atoms with Crippen LogP contribution in [-0.2, 0) is 6.54 Å². The molecule has 5 aromatic rings. The minimum Gasteiger partial charge on any atom is -0.478 e. The summed E-state index contributed by atoms with van der Waals surface area (Å²) in [7, 11) is 0. The molecule has 5 rings (SSSR count). The molecule has 0 aliphatic carbocycles. The molecule has 1 heterocycles. The van der Waals surface area contributed by atoms with E-state index < -0.39 is 5.97 Å². The number of ether oxygens (including phenoxy) is 1. The molecule has 1 aromatic heterocycles. The van der Waals surface area contributed by atoms with Gasteiger partial charge in [0.2, 0.25) is 0 Å². The fraction of sp³-hybridized carbons (Fsp3) is 0.0333. The Morgan fingerprint density at radius 1 is 0.892 bits per heavy atom. The molecule has 0 radical (unpaired) electrons. The summed E-state index contributed by atoms with van der Waals surface area (Å²) in [5, 5.41) is 26.6. The summed E-state index contributed by atoms with van der Waals surface area (Å²) in [5.74, 6) is 0.544.